The predicted molar refractivity (Wildman–Crippen MR) is 163 cm³/mol. The van der Waals surface area contributed by atoms with Crippen molar-refractivity contribution in [2.45, 2.75) is 29.5 Å². The molecule has 1 aliphatic heterocycles. The molecule has 0 saturated heterocycles. The van der Waals surface area contributed by atoms with Gasteiger partial charge in [0.1, 0.15) is 17.3 Å². The van der Waals surface area contributed by atoms with E-state index in [9.17, 15) is 14.9 Å². The second-order valence-corrected chi connectivity index (χ2v) is 12.2. The van der Waals surface area contributed by atoms with Crippen LogP contribution in [0.2, 0.25) is 10.0 Å². The van der Waals surface area contributed by atoms with Gasteiger partial charge in [-0.2, -0.15) is 5.26 Å². The highest BCUT2D eigenvalue weighted by atomic mass is 35.5. The zero-order chi connectivity index (χ0) is 30.0. The van der Waals surface area contributed by atoms with E-state index >= 15 is 0 Å². The fourth-order valence-electron chi connectivity index (χ4n) is 4.95. The van der Waals surface area contributed by atoms with E-state index in [0.717, 1.165) is 0 Å². The van der Waals surface area contributed by atoms with E-state index < -0.39 is 5.92 Å². The summed E-state index contributed by atoms with van der Waals surface area (Å²) in [6, 6.07) is 12.5. The van der Waals surface area contributed by atoms with Crippen molar-refractivity contribution >= 4 is 68.8 Å². The summed E-state index contributed by atoms with van der Waals surface area (Å²) in [5.41, 5.74) is 9.05. The maximum absolute atomic E-state index is 13.3. The average Bonchev–Trinajstić information content (AvgIpc) is 3.44. The number of anilines is 2. The van der Waals surface area contributed by atoms with Crippen LogP contribution in [0.15, 0.2) is 63.4 Å². The van der Waals surface area contributed by atoms with Crippen LogP contribution in [0.1, 0.15) is 30.7 Å². The predicted octanol–water partition coefficient (Wildman–Crippen LogP) is 5.90. The van der Waals surface area contributed by atoms with E-state index in [1.807, 2.05) is 6.07 Å². The van der Waals surface area contributed by atoms with Gasteiger partial charge in [-0.3, -0.25) is 14.5 Å². The first-order valence-corrected chi connectivity index (χ1v) is 15.2. The Morgan fingerprint density at radius 3 is 2.67 bits per heavy atom. The van der Waals surface area contributed by atoms with Crippen LogP contribution in [0.3, 0.4) is 0 Å². The minimum Gasteiger partial charge on any atom is -0.495 e. The average molecular weight is 644 g/mol. The van der Waals surface area contributed by atoms with Crippen molar-refractivity contribution in [2.24, 2.45) is 5.73 Å². The summed E-state index contributed by atoms with van der Waals surface area (Å²) in [6.07, 6.45) is 1.57. The third-order valence-electron chi connectivity index (χ3n) is 6.79. The molecule has 2 aliphatic rings. The molecule has 0 bridgehead atoms. The zero-order valence-electron chi connectivity index (χ0n) is 22.4. The van der Waals surface area contributed by atoms with Gasteiger partial charge in [0.15, 0.2) is 10.1 Å². The number of halogens is 2. The Labute approximate surface area is 260 Å². The molecule has 0 spiro atoms. The Morgan fingerprint density at radius 2 is 1.95 bits per heavy atom. The molecular formula is C28H24Cl2N6O4S2. The summed E-state index contributed by atoms with van der Waals surface area (Å²) >= 11 is 15.1. The van der Waals surface area contributed by atoms with Crippen molar-refractivity contribution in [1.82, 2.24) is 10.2 Å². The normalized spacial score (nSPS) is 16.7. The third kappa shape index (κ3) is 5.65. The zero-order valence-corrected chi connectivity index (χ0v) is 25.6. The summed E-state index contributed by atoms with van der Waals surface area (Å²) in [6.45, 7) is 0. The Balaban J connectivity index is 1.39. The molecular weight excluding hydrogens is 619 g/mol. The molecule has 1 atom stereocenters. The molecule has 3 aromatic rings. The summed E-state index contributed by atoms with van der Waals surface area (Å²) < 4.78 is 11.0. The number of nitrogens with one attached hydrogen (secondary N) is 1. The smallest absolute Gasteiger partial charge is 0.234 e. The molecule has 10 nitrogen and oxygen atoms in total. The number of Topliss-reactive ketones (excluding diaryl/α,β-unsaturated/α-hetero) is 1. The molecule has 2 heterocycles. The first kappa shape index (κ1) is 29.7. The van der Waals surface area contributed by atoms with Gasteiger partial charge in [0.2, 0.25) is 11.0 Å². The number of thioether (sulfide) groups is 1. The molecule has 14 heteroatoms. The lowest BCUT2D eigenvalue weighted by Crippen LogP contribution is -2.38. The van der Waals surface area contributed by atoms with Crippen molar-refractivity contribution in [3.63, 3.8) is 0 Å². The number of aromatic nitrogens is 2. The van der Waals surface area contributed by atoms with Crippen LogP contribution in [-0.4, -0.2) is 41.9 Å². The first-order chi connectivity index (χ1) is 20.3. The number of carbonyl (C=O) groups excluding carboxylic acids is 2. The number of benzene rings is 2. The van der Waals surface area contributed by atoms with Gasteiger partial charge < -0.3 is 20.5 Å². The van der Waals surface area contributed by atoms with Crippen LogP contribution in [0.25, 0.3) is 0 Å². The van der Waals surface area contributed by atoms with Gasteiger partial charge in [-0.05, 0) is 30.5 Å². The van der Waals surface area contributed by atoms with E-state index in [2.05, 4.69) is 21.6 Å². The van der Waals surface area contributed by atoms with Crippen LogP contribution in [0.4, 0.5) is 10.8 Å². The maximum atomic E-state index is 13.3. The Kier molecular flexibility index (Phi) is 8.93. The summed E-state index contributed by atoms with van der Waals surface area (Å²) in [5.74, 6) is -0.0284. The Bertz CT molecular complexity index is 1680. The number of nitriles is 1. The third-order valence-corrected chi connectivity index (χ3v) is 9.47. The van der Waals surface area contributed by atoms with Gasteiger partial charge in [0, 0.05) is 28.8 Å². The highest BCUT2D eigenvalue weighted by Crippen LogP contribution is 2.48. The van der Waals surface area contributed by atoms with Gasteiger partial charge in [-0.15, -0.1) is 10.2 Å². The minimum atomic E-state index is -0.670. The van der Waals surface area contributed by atoms with E-state index in [1.165, 1.54) is 37.3 Å². The Hall–Kier alpha value is -3.76. The molecule has 0 radical (unpaired) electrons. The van der Waals surface area contributed by atoms with Gasteiger partial charge in [-0.25, -0.2) is 0 Å². The fraction of sp³-hybridized carbons (Fsp3) is 0.250. The van der Waals surface area contributed by atoms with Crippen LogP contribution in [0.5, 0.6) is 11.5 Å². The number of nitrogens with two attached hydrogens (primary N) is 1. The van der Waals surface area contributed by atoms with E-state index in [4.69, 9.17) is 38.4 Å². The standard InChI is InChI=1S/C28H24Cl2N6O4S2/c1-39-21-11-22(40-2)18(10-17(21)30)33-23(38)13-41-28-35-34-27(42-28)36-19-8-5-9-20(37)25(19)24(15(12-31)26(36)32)14-6-3-4-7-16(14)29/h3-4,6-7,10-11,24H,5,8-9,13,32H2,1-2H3,(H,33,38). The number of ketones is 1. The quantitative estimate of drug-likeness (QED) is 0.285. The summed E-state index contributed by atoms with van der Waals surface area (Å²) in [7, 11) is 2.96. The van der Waals surface area contributed by atoms with E-state index in [0.29, 0.717) is 72.8 Å². The number of nitrogens with zero attached hydrogens (tertiary/aromatic N) is 4. The monoisotopic (exact) mass is 642 g/mol. The molecule has 42 heavy (non-hydrogen) atoms. The molecule has 1 aliphatic carbocycles. The van der Waals surface area contributed by atoms with Gasteiger partial charge in [0.05, 0.1) is 48.2 Å². The molecule has 1 unspecified atom stereocenters. The van der Waals surface area contributed by atoms with Crippen LogP contribution < -0.4 is 25.4 Å². The van der Waals surface area contributed by atoms with Crippen molar-refractivity contribution in [3.05, 3.63) is 74.7 Å². The fourth-order valence-corrected chi connectivity index (χ4v) is 7.11. The van der Waals surface area contributed by atoms with Gasteiger partial charge in [0.25, 0.3) is 0 Å². The number of ether oxygens (including phenoxy) is 2. The first-order valence-electron chi connectivity index (χ1n) is 12.7. The lowest BCUT2D eigenvalue weighted by Gasteiger charge is -2.38. The van der Waals surface area contributed by atoms with Crippen molar-refractivity contribution in [2.75, 3.05) is 30.2 Å². The second-order valence-electron chi connectivity index (χ2n) is 9.21. The lowest BCUT2D eigenvalue weighted by atomic mass is 9.76. The van der Waals surface area contributed by atoms with E-state index in [-0.39, 0.29) is 28.8 Å². The van der Waals surface area contributed by atoms with E-state index in [1.54, 1.807) is 35.2 Å². The van der Waals surface area contributed by atoms with Crippen LogP contribution in [-0.2, 0) is 9.59 Å². The Morgan fingerprint density at radius 1 is 1.19 bits per heavy atom. The number of allylic oxidation sites excluding steroid dienone is 3. The highest BCUT2D eigenvalue weighted by molar-refractivity contribution is 8.01. The molecule has 3 N–H and O–H groups in total. The highest BCUT2D eigenvalue weighted by Gasteiger charge is 2.41. The molecule has 1 aromatic heterocycles. The molecule has 2 aromatic carbocycles. The summed E-state index contributed by atoms with van der Waals surface area (Å²) in [5, 5.41) is 22.7. The summed E-state index contributed by atoms with van der Waals surface area (Å²) in [4.78, 5) is 27.7. The number of hydrogen-bond donors (Lipinski definition) is 2. The van der Waals surface area contributed by atoms with Crippen molar-refractivity contribution < 1.29 is 19.1 Å². The van der Waals surface area contributed by atoms with Gasteiger partial charge in [-0.1, -0.05) is 64.5 Å². The molecule has 0 fully saturated rings. The lowest BCUT2D eigenvalue weighted by molar-refractivity contribution is -0.116. The number of hydrogen-bond acceptors (Lipinski definition) is 11. The van der Waals surface area contributed by atoms with Gasteiger partial charge >= 0.3 is 0 Å². The minimum absolute atomic E-state index is 0.0250. The van der Waals surface area contributed by atoms with Crippen molar-refractivity contribution in [3.8, 4) is 17.6 Å². The number of carbonyl (C=O) groups is 2. The molecule has 216 valence electrons. The number of methoxy groups -OCH3 is 2. The second kappa shape index (κ2) is 12.6. The van der Waals surface area contributed by atoms with Crippen LogP contribution >= 0.6 is 46.3 Å². The number of amides is 1. The maximum Gasteiger partial charge on any atom is 0.234 e. The topological polar surface area (TPSA) is 143 Å². The number of rotatable bonds is 8. The molecule has 5 rings (SSSR count). The largest absolute Gasteiger partial charge is 0.495 e. The molecule has 0 saturated carbocycles. The van der Waals surface area contributed by atoms with Crippen molar-refractivity contribution in [1.29, 1.82) is 5.26 Å². The van der Waals surface area contributed by atoms with Crippen LogP contribution in [0, 0.1) is 11.3 Å². The SMILES string of the molecule is COc1cc(OC)c(NC(=O)CSc2nnc(N3C(N)=C(C#N)C(c4ccccc4Cl)C4=C3CCCC4=O)s2)cc1Cl. The molecule has 1 amide bonds.